The van der Waals surface area contributed by atoms with Gasteiger partial charge < -0.3 is 10.2 Å². The summed E-state index contributed by atoms with van der Waals surface area (Å²) in [6.45, 7) is 8.39. The van der Waals surface area contributed by atoms with Crippen LogP contribution in [0.1, 0.15) is 64.5 Å². The van der Waals surface area contributed by atoms with Gasteiger partial charge in [0.1, 0.15) is 5.82 Å². The van der Waals surface area contributed by atoms with Gasteiger partial charge in [0, 0.05) is 29.9 Å². The zero-order valence-electron chi connectivity index (χ0n) is 13.7. The lowest BCUT2D eigenvalue weighted by atomic mass is 10.0. The van der Waals surface area contributed by atoms with Crippen molar-refractivity contribution in [2.45, 2.75) is 65.0 Å². The first-order chi connectivity index (χ1) is 10.2. The largest absolute Gasteiger partial charge is 0.368 e. The van der Waals surface area contributed by atoms with Crippen molar-refractivity contribution in [3.05, 3.63) is 29.6 Å². The Bertz CT molecular complexity index is 443. The van der Waals surface area contributed by atoms with E-state index in [0.29, 0.717) is 6.04 Å². The number of nitrogens with zero attached hydrogens (tertiary/aromatic N) is 1. The summed E-state index contributed by atoms with van der Waals surface area (Å²) in [5.74, 6) is -0.0780. The van der Waals surface area contributed by atoms with Crippen molar-refractivity contribution in [1.29, 1.82) is 0 Å². The summed E-state index contributed by atoms with van der Waals surface area (Å²) >= 11 is 0. The van der Waals surface area contributed by atoms with Crippen LogP contribution >= 0.6 is 0 Å². The van der Waals surface area contributed by atoms with E-state index >= 15 is 0 Å². The molecule has 1 N–H and O–H groups in total. The first-order valence-corrected chi connectivity index (χ1v) is 8.47. The molecule has 1 aromatic carbocycles. The van der Waals surface area contributed by atoms with Crippen molar-refractivity contribution in [2.24, 2.45) is 0 Å². The monoisotopic (exact) mass is 292 g/mol. The molecule has 1 fully saturated rings. The molecule has 1 aliphatic carbocycles. The van der Waals surface area contributed by atoms with Crippen LogP contribution in [-0.4, -0.2) is 19.1 Å². The highest BCUT2D eigenvalue weighted by molar-refractivity contribution is 5.57. The van der Waals surface area contributed by atoms with Crippen LogP contribution in [0.4, 0.5) is 10.1 Å². The van der Waals surface area contributed by atoms with Gasteiger partial charge in [-0.1, -0.05) is 26.3 Å². The summed E-state index contributed by atoms with van der Waals surface area (Å²) in [4.78, 5) is 2.44. The fourth-order valence-corrected chi connectivity index (χ4v) is 2.88. The second-order valence-corrected chi connectivity index (χ2v) is 6.13. The van der Waals surface area contributed by atoms with Gasteiger partial charge in [0.2, 0.25) is 0 Å². The highest BCUT2D eigenvalue weighted by atomic mass is 19.1. The van der Waals surface area contributed by atoms with Crippen molar-refractivity contribution >= 4 is 5.69 Å². The van der Waals surface area contributed by atoms with Crippen LogP contribution in [0.5, 0.6) is 0 Å². The Morgan fingerprint density at radius 1 is 1.29 bits per heavy atom. The predicted molar refractivity (Wildman–Crippen MR) is 88.4 cm³/mol. The first-order valence-electron chi connectivity index (χ1n) is 8.47. The Morgan fingerprint density at radius 2 is 2.05 bits per heavy atom. The molecule has 0 radical (unpaired) electrons. The van der Waals surface area contributed by atoms with E-state index in [-0.39, 0.29) is 11.9 Å². The predicted octanol–water partition coefficient (Wildman–Crippen LogP) is 4.66. The molecule has 0 bridgehead atoms. The van der Waals surface area contributed by atoms with Crippen LogP contribution in [0.25, 0.3) is 0 Å². The lowest BCUT2D eigenvalue weighted by Gasteiger charge is -2.29. The molecule has 118 valence electrons. The third kappa shape index (κ3) is 4.19. The van der Waals surface area contributed by atoms with E-state index in [4.69, 9.17) is 0 Å². The zero-order valence-corrected chi connectivity index (χ0v) is 13.7. The van der Waals surface area contributed by atoms with Gasteiger partial charge in [0.15, 0.2) is 0 Å². The third-order valence-corrected chi connectivity index (χ3v) is 4.21. The number of unbranched alkanes of at least 4 members (excludes halogenated alkanes) is 1. The summed E-state index contributed by atoms with van der Waals surface area (Å²) < 4.78 is 14.4. The molecule has 1 unspecified atom stereocenters. The van der Waals surface area contributed by atoms with E-state index in [9.17, 15) is 4.39 Å². The molecule has 0 heterocycles. The van der Waals surface area contributed by atoms with Crippen molar-refractivity contribution in [1.82, 2.24) is 5.32 Å². The van der Waals surface area contributed by atoms with E-state index < -0.39 is 0 Å². The van der Waals surface area contributed by atoms with E-state index in [1.807, 2.05) is 6.07 Å². The fraction of sp³-hybridized carbons (Fsp3) is 0.667. The summed E-state index contributed by atoms with van der Waals surface area (Å²) in [6.07, 6.45) is 5.91. The van der Waals surface area contributed by atoms with Crippen LogP contribution < -0.4 is 10.2 Å². The molecule has 0 aromatic heterocycles. The van der Waals surface area contributed by atoms with Crippen LogP contribution in [-0.2, 0) is 0 Å². The summed E-state index contributed by atoms with van der Waals surface area (Å²) in [5, 5.41) is 3.43. The van der Waals surface area contributed by atoms with Gasteiger partial charge in [-0.2, -0.15) is 0 Å². The Balaban J connectivity index is 2.25. The second kappa shape index (κ2) is 7.79. The molecule has 0 spiro atoms. The minimum Gasteiger partial charge on any atom is -0.368 e. The maximum Gasteiger partial charge on any atom is 0.130 e. The van der Waals surface area contributed by atoms with Gasteiger partial charge in [0.05, 0.1) is 0 Å². The van der Waals surface area contributed by atoms with Gasteiger partial charge in [-0.15, -0.1) is 0 Å². The summed E-state index contributed by atoms with van der Waals surface area (Å²) in [7, 11) is 0. The minimum absolute atomic E-state index is 0.0593. The van der Waals surface area contributed by atoms with E-state index in [1.54, 1.807) is 6.07 Å². The molecule has 0 aliphatic heterocycles. The summed E-state index contributed by atoms with van der Waals surface area (Å²) in [5.41, 5.74) is 1.94. The molecule has 0 saturated heterocycles. The molecule has 3 heteroatoms. The van der Waals surface area contributed by atoms with E-state index in [1.165, 1.54) is 25.7 Å². The molecule has 2 rings (SSSR count). The Hall–Kier alpha value is -1.09. The van der Waals surface area contributed by atoms with Crippen molar-refractivity contribution < 1.29 is 4.39 Å². The maximum atomic E-state index is 14.4. The average molecular weight is 292 g/mol. The van der Waals surface area contributed by atoms with E-state index in [0.717, 1.165) is 30.8 Å². The van der Waals surface area contributed by atoms with E-state index in [2.05, 4.69) is 37.1 Å². The number of nitrogens with one attached hydrogen (secondary N) is 1. The number of benzene rings is 1. The van der Waals surface area contributed by atoms with Crippen molar-refractivity contribution in [3.8, 4) is 0 Å². The Labute approximate surface area is 128 Å². The molecule has 1 saturated carbocycles. The molecule has 2 nitrogen and oxygen atoms in total. The molecule has 0 amide bonds. The Kier molecular flexibility index (Phi) is 6.04. The standard InChI is InChI=1S/C18H29FN2/c1-4-6-13-21(15-10-11-15)17-9-7-8-16(19)18(17)14(3)20-12-5-2/h7-9,14-15,20H,4-6,10-13H2,1-3H3. The van der Waals surface area contributed by atoms with Gasteiger partial charge in [0.25, 0.3) is 0 Å². The van der Waals surface area contributed by atoms with Crippen molar-refractivity contribution in [3.63, 3.8) is 0 Å². The van der Waals surface area contributed by atoms with Crippen molar-refractivity contribution in [2.75, 3.05) is 18.0 Å². The highest BCUT2D eigenvalue weighted by Crippen LogP contribution is 2.37. The molecule has 1 aliphatic rings. The van der Waals surface area contributed by atoms with Crippen LogP contribution in [0, 0.1) is 5.82 Å². The van der Waals surface area contributed by atoms with Gasteiger partial charge in [-0.3, -0.25) is 0 Å². The molecule has 1 atom stereocenters. The number of hydrogen-bond donors (Lipinski definition) is 1. The lowest BCUT2D eigenvalue weighted by Crippen LogP contribution is -2.30. The normalized spacial score (nSPS) is 16.0. The molecular weight excluding hydrogens is 263 g/mol. The number of halogens is 1. The highest BCUT2D eigenvalue weighted by Gasteiger charge is 2.31. The van der Waals surface area contributed by atoms with Gasteiger partial charge >= 0.3 is 0 Å². The van der Waals surface area contributed by atoms with Gasteiger partial charge in [-0.05, 0) is 51.3 Å². The first kappa shape index (κ1) is 16.3. The minimum atomic E-state index is -0.0780. The zero-order chi connectivity index (χ0) is 15.2. The molecular formula is C18H29FN2. The molecule has 1 aromatic rings. The SMILES string of the molecule is CCCCN(c1cccc(F)c1C(C)NCCC)C1CC1. The number of rotatable bonds is 9. The summed E-state index contributed by atoms with van der Waals surface area (Å²) in [6, 6.07) is 6.21. The van der Waals surface area contributed by atoms with Crippen LogP contribution in [0.15, 0.2) is 18.2 Å². The maximum absolute atomic E-state index is 14.4. The van der Waals surface area contributed by atoms with Crippen LogP contribution in [0.3, 0.4) is 0 Å². The Morgan fingerprint density at radius 3 is 2.67 bits per heavy atom. The third-order valence-electron chi connectivity index (χ3n) is 4.21. The quantitative estimate of drug-likeness (QED) is 0.712. The number of hydrogen-bond acceptors (Lipinski definition) is 2. The fourth-order valence-electron chi connectivity index (χ4n) is 2.88. The van der Waals surface area contributed by atoms with Gasteiger partial charge in [-0.25, -0.2) is 4.39 Å². The molecule has 21 heavy (non-hydrogen) atoms. The average Bonchev–Trinajstić information content (AvgIpc) is 3.30. The topological polar surface area (TPSA) is 15.3 Å². The smallest absolute Gasteiger partial charge is 0.130 e. The lowest BCUT2D eigenvalue weighted by molar-refractivity contribution is 0.525. The second-order valence-electron chi connectivity index (χ2n) is 6.13. The van der Waals surface area contributed by atoms with Crippen LogP contribution in [0.2, 0.25) is 0 Å². The number of anilines is 1.